The lowest BCUT2D eigenvalue weighted by Crippen LogP contribution is -2.31. The number of amides is 1. The second-order valence-electron chi connectivity index (χ2n) is 7.03. The molecule has 1 saturated heterocycles. The molecule has 3 rings (SSSR count). The summed E-state index contributed by atoms with van der Waals surface area (Å²) in [5.41, 5.74) is -0.0771. The molecule has 1 aliphatic rings. The van der Waals surface area contributed by atoms with Crippen LogP contribution in [0.3, 0.4) is 0 Å². The fraction of sp³-hybridized carbons (Fsp3) is 0.625. The molecule has 0 aromatic carbocycles. The maximum Gasteiger partial charge on any atom is 0.266 e. The zero-order chi connectivity index (χ0) is 17.5. The van der Waals surface area contributed by atoms with Crippen LogP contribution in [-0.2, 0) is 10.2 Å². The number of likely N-dealkylation sites (tertiary alicyclic amines) is 1. The smallest absolute Gasteiger partial charge is 0.266 e. The number of carbonyl (C=O) groups excluding carboxylic acids is 1. The van der Waals surface area contributed by atoms with Gasteiger partial charge in [0.05, 0.1) is 17.3 Å². The van der Waals surface area contributed by atoms with Crippen LogP contribution >= 0.6 is 11.3 Å². The third kappa shape index (κ3) is 3.21. The number of aromatic nitrogens is 3. The van der Waals surface area contributed by atoms with E-state index in [-0.39, 0.29) is 23.5 Å². The van der Waals surface area contributed by atoms with E-state index in [1.54, 1.807) is 25.1 Å². The Hall–Kier alpha value is -1.80. The van der Waals surface area contributed by atoms with E-state index in [9.17, 15) is 4.79 Å². The number of thiazole rings is 1. The summed E-state index contributed by atoms with van der Waals surface area (Å²) in [6.07, 6.45) is 2.26. The van der Waals surface area contributed by atoms with Crippen molar-refractivity contribution in [1.29, 1.82) is 0 Å². The first-order chi connectivity index (χ1) is 11.3. The second kappa shape index (κ2) is 6.25. The van der Waals surface area contributed by atoms with Gasteiger partial charge < -0.3 is 14.2 Å². The van der Waals surface area contributed by atoms with E-state index in [2.05, 4.69) is 35.9 Å². The highest BCUT2D eigenvalue weighted by atomic mass is 32.1. The lowest BCUT2D eigenvalue weighted by Gasteiger charge is -2.20. The van der Waals surface area contributed by atoms with Gasteiger partial charge in [0.2, 0.25) is 5.89 Å². The van der Waals surface area contributed by atoms with Crippen LogP contribution in [-0.4, -0.2) is 45.7 Å². The van der Waals surface area contributed by atoms with Crippen molar-refractivity contribution in [1.82, 2.24) is 20.0 Å². The molecule has 0 saturated carbocycles. The lowest BCUT2D eigenvalue weighted by atomic mass is 9.98. The number of hydrogen-bond donors (Lipinski definition) is 0. The van der Waals surface area contributed by atoms with Crippen LogP contribution < -0.4 is 0 Å². The van der Waals surface area contributed by atoms with Crippen LogP contribution in [0.4, 0.5) is 0 Å². The van der Waals surface area contributed by atoms with Crippen LogP contribution in [0, 0.1) is 6.92 Å². The normalized spacial score (nSPS) is 21.5. The Balaban J connectivity index is 1.87. The number of carbonyl (C=O) groups is 1. The van der Waals surface area contributed by atoms with Crippen molar-refractivity contribution in [3.63, 3.8) is 0 Å². The first-order valence-corrected chi connectivity index (χ1v) is 8.71. The van der Waals surface area contributed by atoms with Gasteiger partial charge >= 0.3 is 0 Å². The molecule has 130 valence electrons. The molecule has 0 bridgehead atoms. The average molecular weight is 350 g/mol. The Bertz CT molecular complexity index is 734. The van der Waals surface area contributed by atoms with Crippen molar-refractivity contribution in [2.45, 2.75) is 51.7 Å². The molecule has 1 fully saturated rings. The minimum atomic E-state index is -0.260. The summed E-state index contributed by atoms with van der Waals surface area (Å²) in [7, 11) is 1.65. The summed E-state index contributed by atoms with van der Waals surface area (Å²) in [6, 6.07) is -0.260. The van der Waals surface area contributed by atoms with Gasteiger partial charge in [-0.1, -0.05) is 25.9 Å². The Morgan fingerprint density at radius 1 is 1.46 bits per heavy atom. The number of rotatable bonds is 3. The van der Waals surface area contributed by atoms with Crippen LogP contribution in [0.5, 0.6) is 0 Å². The summed E-state index contributed by atoms with van der Waals surface area (Å²) in [6.45, 7) is 8.52. The monoisotopic (exact) mass is 350 g/mol. The van der Waals surface area contributed by atoms with Crippen molar-refractivity contribution in [3.05, 3.63) is 27.8 Å². The molecule has 1 amide bonds. The molecule has 1 aliphatic heterocycles. The van der Waals surface area contributed by atoms with E-state index in [4.69, 9.17) is 9.26 Å². The van der Waals surface area contributed by atoms with Gasteiger partial charge in [0.1, 0.15) is 10.9 Å². The second-order valence-corrected chi connectivity index (χ2v) is 8.06. The van der Waals surface area contributed by atoms with Gasteiger partial charge in [0, 0.05) is 25.5 Å². The van der Waals surface area contributed by atoms with Gasteiger partial charge in [0.15, 0.2) is 5.82 Å². The van der Waals surface area contributed by atoms with Gasteiger partial charge in [0.25, 0.3) is 5.91 Å². The minimum absolute atomic E-state index is 0.0406. The van der Waals surface area contributed by atoms with Crippen molar-refractivity contribution >= 4 is 17.2 Å². The van der Waals surface area contributed by atoms with Crippen LogP contribution in [0.15, 0.2) is 10.7 Å². The summed E-state index contributed by atoms with van der Waals surface area (Å²) in [5.74, 6) is 0.954. The Morgan fingerprint density at radius 2 is 2.21 bits per heavy atom. The number of aryl methyl sites for hydroxylation is 1. The fourth-order valence-corrected chi connectivity index (χ4v) is 3.67. The van der Waals surface area contributed by atoms with E-state index in [1.807, 2.05) is 0 Å². The third-order valence-electron chi connectivity index (χ3n) is 4.04. The van der Waals surface area contributed by atoms with Crippen LogP contribution in [0.25, 0.3) is 0 Å². The van der Waals surface area contributed by atoms with Crippen molar-refractivity contribution in [2.75, 3.05) is 13.7 Å². The summed E-state index contributed by atoms with van der Waals surface area (Å²) >= 11 is 1.44. The fourth-order valence-electron chi connectivity index (χ4n) is 2.74. The predicted octanol–water partition coefficient (Wildman–Crippen LogP) is 2.73. The summed E-state index contributed by atoms with van der Waals surface area (Å²) < 4.78 is 10.7. The number of nitrogens with zero attached hydrogens (tertiary/aromatic N) is 4. The largest absolute Gasteiger partial charge is 0.380 e. The molecule has 24 heavy (non-hydrogen) atoms. The van der Waals surface area contributed by atoms with E-state index in [0.29, 0.717) is 29.6 Å². The van der Waals surface area contributed by atoms with Crippen LogP contribution in [0.1, 0.15) is 59.6 Å². The average Bonchev–Trinajstić information content (AvgIpc) is 3.24. The van der Waals surface area contributed by atoms with Crippen molar-refractivity contribution < 1.29 is 14.1 Å². The molecule has 8 heteroatoms. The Kier molecular flexibility index (Phi) is 4.44. The lowest BCUT2D eigenvalue weighted by molar-refractivity contribution is 0.0675. The molecule has 0 aliphatic carbocycles. The molecule has 0 radical (unpaired) electrons. The molecule has 2 aromatic heterocycles. The van der Waals surface area contributed by atoms with Crippen molar-refractivity contribution in [2.24, 2.45) is 0 Å². The van der Waals surface area contributed by atoms with E-state index < -0.39 is 0 Å². The molecule has 7 nitrogen and oxygen atoms in total. The van der Waals surface area contributed by atoms with Crippen LogP contribution in [0.2, 0.25) is 0 Å². The molecule has 0 spiro atoms. The first-order valence-electron chi connectivity index (χ1n) is 7.90. The summed E-state index contributed by atoms with van der Waals surface area (Å²) in [4.78, 5) is 24.1. The quantitative estimate of drug-likeness (QED) is 0.846. The van der Waals surface area contributed by atoms with E-state index >= 15 is 0 Å². The molecular formula is C16H22N4O3S. The van der Waals surface area contributed by atoms with Gasteiger partial charge in [-0.15, -0.1) is 11.3 Å². The maximum atomic E-state index is 13.0. The van der Waals surface area contributed by atoms with Gasteiger partial charge in [-0.2, -0.15) is 4.98 Å². The number of hydrogen-bond acceptors (Lipinski definition) is 7. The SMILES string of the molecule is CO[C@@H]1C[C@H](c2nc(C)no2)N(C(=O)c2cnc(C(C)(C)C)s2)C1. The molecule has 2 aromatic rings. The van der Waals surface area contributed by atoms with Gasteiger partial charge in [-0.3, -0.25) is 4.79 Å². The summed E-state index contributed by atoms with van der Waals surface area (Å²) in [5, 5.41) is 4.78. The highest BCUT2D eigenvalue weighted by Crippen LogP contribution is 2.35. The maximum absolute atomic E-state index is 13.0. The Morgan fingerprint density at radius 3 is 2.75 bits per heavy atom. The molecule has 0 N–H and O–H groups in total. The number of ether oxygens (including phenoxy) is 1. The Labute approximate surface area is 145 Å². The standard InChI is InChI=1S/C16H22N4O3S/c1-9-18-13(23-19-9)11-6-10(22-5)8-20(11)14(21)12-7-17-15(24-12)16(2,3)4/h7,10-11H,6,8H2,1-5H3/t10-,11-/m1/s1. The molecule has 2 atom stereocenters. The molecule has 3 heterocycles. The third-order valence-corrected chi connectivity index (χ3v) is 5.45. The zero-order valence-corrected chi connectivity index (χ0v) is 15.4. The molecule has 0 unspecified atom stereocenters. The first kappa shape index (κ1) is 17.0. The molecular weight excluding hydrogens is 328 g/mol. The number of methoxy groups -OCH3 is 1. The highest BCUT2D eigenvalue weighted by Gasteiger charge is 2.40. The predicted molar refractivity (Wildman–Crippen MR) is 89.0 cm³/mol. The van der Waals surface area contributed by atoms with E-state index in [0.717, 1.165) is 5.01 Å². The highest BCUT2D eigenvalue weighted by molar-refractivity contribution is 7.13. The van der Waals surface area contributed by atoms with Crippen molar-refractivity contribution in [3.8, 4) is 0 Å². The van der Waals surface area contributed by atoms with Gasteiger partial charge in [-0.05, 0) is 6.92 Å². The van der Waals surface area contributed by atoms with E-state index in [1.165, 1.54) is 11.3 Å². The minimum Gasteiger partial charge on any atom is -0.380 e. The van der Waals surface area contributed by atoms with Gasteiger partial charge in [-0.25, -0.2) is 4.98 Å². The zero-order valence-electron chi connectivity index (χ0n) is 14.6. The topological polar surface area (TPSA) is 81.4 Å².